The fraction of sp³-hybridized carbons (Fsp3) is 0.571. The van der Waals surface area contributed by atoms with E-state index in [1.165, 1.54) is 6.07 Å². The van der Waals surface area contributed by atoms with E-state index in [0.29, 0.717) is 31.6 Å². The van der Waals surface area contributed by atoms with E-state index >= 15 is 0 Å². The molecular formula is C21H24F6N2O. The molecule has 1 aliphatic rings. The van der Waals surface area contributed by atoms with Crippen molar-refractivity contribution in [3.8, 4) is 0 Å². The van der Waals surface area contributed by atoms with Crippen molar-refractivity contribution < 1.29 is 31.4 Å². The summed E-state index contributed by atoms with van der Waals surface area (Å²) in [4.78, 5) is 5.32. The van der Waals surface area contributed by atoms with E-state index in [2.05, 4.69) is 4.98 Å². The van der Waals surface area contributed by atoms with Crippen LogP contribution in [0.3, 0.4) is 0 Å². The molecule has 1 unspecified atom stereocenters. The van der Waals surface area contributed by atoms with Gasteiger partial charge in [-0.1, -0.05) is 32.4 Å². The number of rotatable bonds is 4. The Labute approximate surface area is 170 Å². The maximum Gasteiger partial charge on any atom is 0.433 e. The van der Waals surface area contributed by atoms with Gasteiger partial charge >= 0.3 is 12.4 Å². The van der Waals surface area contributed by atoms with Gasteiger partial charge in [-0.2, -0.15) is 26.3 Å². The minimum absolute atomic E-state index is 0.111. The van der Waals surface area contributed by atoms with Crippen LogP contribution < -0.4 is 0 Å². The molecule has 3 nitrogen and oxygen atoms in total. The Morgan fingerprint density at radius 2 is 1.80 bits per heavy atom. The molecule has 0 amide bonds. The summed E-state index contributed by atoms with van der Waals surface area (Å²) in [5.41, 5.74) is -3.65. The number of benzene rings is 1. The summed E-state index contributed by atoms with van der Waals surface area (Å²) in [6.07, 6.45) is -8.92. The second kappa shape index (κ2) is 8.34. The number of aromatic nitrogens is 1. The van der Waals surface area contributed by atoms with Crippen molar-refractivity contribution in [1.82, 2.24) is 9.88 Å². The zero-order chi connectivity index (χ0) is 22.3. The molecule has 0 bridgehead atoms. The van der Waals surface area contributed by atoms with Crippen molar-refractivity contribution in [2.45, 2.75) is 57.6 Å². The largest absolute Gasteiger partial charge is 0.433 e. The highest BCUT2D eigenvalue weighted by Gasteiger charge is 2.39. The number of hydrogen-bond donors (Lipinski definition) is 1. The zero-order valence-corrected chi connectivity index (χ0v) is 16.7. The highest BCUT2D eigenvalue weighted by Crippen LogP contribution is 2.40. The SMILES string of the molecule is CC(C)CN1CCCCC1[C@H](O)c1cc(C(F)(F)F)nc2c(C(F)(F)F)cccc12. The quantitative estimate of drug-likeness (QED) is 0.617. The topological polar surface area (TPSA) is 36.4 Å². The number of pyridine rings is 1. The molecule has 0 spiro atoms. The first-order valence-corrected chi connectivity index (χ1v) is 9.89. The van der Waals surface area contributed by atoms with Crippen molar-refractivity contribution in [1.29, 1.82) is 0 Å². The first kappa shape index (κ1) is 22.8. The predicted octanol–water partition coefficient (Wildman–Crippen LogP) is 5.82. The molecule has 9 heteroatoms. The number of piperidine rings is 1. The molecule has 1 aromatic heterocycles. The van der Waals surface area contributed by atoms with E-state index in [4.69, 9.17) is 0 Å². The Balaban J connectivity index is 2.18. The van der Waals surface area contributed by atoms with Crippen molar-refractivity contribution in [3.05, 3.63) is 41.1 Å². The summed E-state index contributed by atoms with van der Waals surface area (Å²) in [5, 5.41) is 11.0. The maximum atomic E-state index is 13.4. The van der Waals surface area contributed by atoms with Crippen molar-refractivity contribution in [3.63, 3.8) is 0 Å². The first-order valence-electron chi connectivity index (χ1n) is 9.89. The lowest BCUT2D eigenvalue weighted by Gasteiger charge is -2.39. The van der Waals surface area contributed by atoms with Gasteiger partial charge in [0, 0.05) is 18.0 Å². The van der Waals surface area contributed by atoms with Gasteiger partial charge in [-0.05, 0) is 43.0 Å². The van der Waals surface area contributed by atoms with Gasteiger partial charge in [0.1, 0.15) is 5.69 Å². The lowest BCUT2D eigenvalue weighted by Crippen LogP contribution is -2.45. The highest BCUT2D eigenvalue weighted by molar-refractivity contribution is 5.86. The standard InChI is InChI=1S/C21H24F6N2O/c1-12(2)11-29-9-4-3-8-16(29)19(30)14-10-17(21(25,26)27)28-18-13(14)6-5-7-15(18)20(22,23)24/h5-7,10,12,16,19,30H,3-4,8-9,11H2,1-2H3/t16?,19-/m1/s1. The van der Waals surface area contributed by atoms with Crippen LogP contribution in [-0.2, 0) is 12.4 Å². The molecule has 0 radical (unpaired) electrons. The molecule has 1 saturated heterocycles. The molecule has 0 saturated carbocycles. The molecule has 1 fully saturated rings. The van der Waals surface area contributed by atoms with Gasteiger partial charge in [0.25, 0.3) is 0 Å². The molecule has 2 atom stereocenters. The van der Waals surface area contributed by atoms with E-state index in [9.17, 15) is 31.4 Å². The molecule has 3 rings (SSSR count). The summed E-state index contributed by atoms with van der Waals surface area (Å²) in [5.74, 6) is 0.273. The lowest BCUT2D eigenvalue weighted by atomic mass is 9.89. The van der Waals surface area contributed by atoms with Crippen molar-refractivity contribution >= 4 is 10.9 Å². The Morgan fingerprint density at radius 3 is 2.40 bits per heavy atom. The summed E-state index contributed by atoms with van der Waals surface area (Å²) in [6, 6.07) is 3.34. The van der Waals surface area contributed by atoms with E-state index in [1.54, 1.807) is 0 Å². The third-order valence-electron chi connectivity index (χ3n) is 5.41. The first-order chi connectivity index (χ1) is 13.9. The molecule has 0 aliphatic carbocycles. The van der Waals surface area contributed by atoms with E-state index < -0.39 is 41.3 Å². The Bertz CT molecular complexity index is 893. The van der Waals surface area contributed by atoms with Gasteiger partial charge in [-0.3, -0.25) is 4.90 Å². The minimum atomic E-state index is -4.94. The molecule has 1 aromatic carbocycles. The van der Waals surface area contributed by atoms with E-state index in [0.717, 1.165) is 18.9 Å². The van der Waals surface area contributed by atoms with Gasteiger partial charge in [0.2, 0.25) is 0 Å². The average molecular weight is 434 g/mol. The Morgan fingerprint density at radius 1 is 1.10 bits per heavy atom. The molecule has 1 N–H and O–H groups in total. The number of nitrogens with zero attached hydrogens (tertiary/aromatic N) is 2. The number of fused-ring (bicyclic) bond motifs is 1. The van der Waals surface area contributed by atoms with Crippen LogP contribution in [0.4, 0.5) is 26.3 Å². The van der Waals surface area contributed by atoms with Gasteiger partial charge in [-0.25, -0.2) is 4.98 Å². The van der Waals surface area contributed by atoms with Crippen LogP contribution in [-0.4, -0.2) is 34.1 Å². The van der Waals surface area contributed by atoms with Gasteiger partial charge < -0.3 is 5.11 Å². The average Bonchev–Trinajstić information content (AvgIpc) is 2.64. The fourth-order valence-corrected chi connectivity index (χ4v) is 4.17. The van der Waals surface area contributed by atoms with E-state index in [1.807, 2.05) is 18.7 Å². The van der Waals surface area contributed by atoms with Gasteiger partial charge in [-0.15, -0.1) is 0 Å². The molecule has 30 heavy (non-hydrogen) atoms. The molecule has 2 aromatic rings. The minimum Gasteiger partial charge on any atom is -0.387 e. The van der Waals surface area contributed by atoms with Gasteiger partial charge in [0.15, 0.2) is 0 Å². The summed E-state index contributed by atoms with van der Waals surface area (Å²) in [7, 11) is 0. The van der Waals surface area contributed by atoms with Crippen LogP contribution in [0.2, 0.25) is 0 Å². The van der Waals surface area contributed by atoms with Crippen LogP contribution in [0.15, 0.2) is 24.3 Å². The van der Waals surface area contributed by atoms with E-state index in [-0.39, 0.29) is 16.9 Å². The van der Waals surface area contributed by atoms with Crippen molar-refractivity contribution in [2.24, 2.45) is 5.92 Å². The smallest absolute Gasteiger partial charge is 0.387 e. The van der Waals surface area contributed by atoms with Crippen LogP contribution >= 0.6 is 0 Å². The number of para-hydroxylation sites is 1. The lowest BCUT2D eigenvalue weighted by molar-refractivity contribution is -0.142. The monoisotopic (exact) mass is 434 g/mol. The predicted molar refractivity (Wildman–Crippen MR) is 101 cm³/mol. The normalized spacial score (nSPS) is 20.1. The summed E-state index contributed by atoms with van der Waals surface area (Å²) < 4.78 is 80.7. The second-order valence-corrected chi connectivity index (χ2v) is 8.19. The molecule has 166 valence electrons. The molecule has 2 heterocycles. The zero-order valence-electron chi connectivity index (χ0n) is 16.7. The van der Waals surface area contributed by atoms with Crippen LogP contribution in [0.1, 0.15) is 56.0 Å². The fourth-order valence-electron chi connectivity index (χ4n) is 4.17. The molecular weight excluding hydrogens is 410 g/mol. The van der Waals surface area contributed by atoms with Gasteiger partial charge in [0.05, 0.1) is 17.2 Å². The highest BCUT2D eigenvalue weighted by atomic mass is 19.4. The number of likely N-dealkylation sites (tertiary alicyclic amines) is 1. The second-order valence-electron chi connectivity index (χ2n) is 8.19. The number of halogens is 6. The summed E-state index contributed by atoms with van der Waals surface area (Å²) >= 11 is 0. The number of alkyl halides is 6. The number of hydrogen-bond acceptors (Lipinski definition) is 3. The summed E-state index contributed by atoms with van der Waals surface area (Å²) in [6.45, 7) is 5.32. The third kappa shape index (κ3) is 4.72. The maximum absolute atomic E-state index is 13.4. The van der Waals surface area contributed by atoms with Crippen LogP contribution in [0.5, 0.6) is 0 Å². The number of aliphatic hydroxyl groups is 1. The Hall–Kier alpha value is -1.87. The number of aliphatic hydroxyl groups excluding tert-OH is 1. The van der Waals surface area contributed by atoms with Crippen molar-refractivity contribution in [2.75, 3.05) is 13.1 Å². The third-order valence-corrected chi connectivity index (χ3v) is 5.41. The Kier molecular flexibility index (Phi) is 6.34. The van der Waals surface area contributed by atoms with Crippen LogP contribution in [0.25, 0.3) is 10.9 Å². The molecule has 1 aliphatic heterocycles. The van der Waals surface area contributed by atoms with Crippen LogP contribution in [0, 0.1) is 5.92 Å².